The van der Waals surface area contributed by atoms with E-state index in [1.54, 1.807) is 24.3 Å². The van der Waals surface area contributed by atoms with Gasteiger partial charge in [0.25, 0.3) is 11.8 Å². The molecule has 5 rings (SSSR count). The highest BCUT2D eigenvalue weighted by Crippen LogP contribution is 2.27. The molecule has 3 amide bonds. The Bertz CT molecular complexity index is 1350. The van der Waals surface area contributed by atoms with Crippen LogP contribution in [-0.2, 0) is 24.2 Å². The number of hydrogen-bond acceptors (Lipinski definition) is 3. The molecular weight excluding hydrogens is 414 g/mol. The molecule has 0 bridgehead atoms. The van der Waals surface area contributed by atoms with Crippen LogP contribution >= 0.6 is 0 Å². The molecule has 164 valence electrons. The fraction of sp³-hybridized carbons (Fsp3) is 0.148. The van der Waals surface area contributed by atoms with Crippen molar-refractivity contribution in [1.29, 1.82) is 0 Å². The minimum Gasteiger partial charge on any atom is -0.369 e. The van der Waals surface area contributed by atoms with Crippen LogP contribution in [0.5, 0.6) is 0 Å². The van der Waals surface area contributed by atoms with Gasteiger partial charge in [-0.15, -0.1) is 0 Å². The van der Waals surface area contributed by atoms with Gasteiger partial charge in [0.1, 0.15) is 0 Å². The molecule has 0 radical (unpaired) electrons. The predicted molar refractivity (Wildman–Crippen MR) is 126 cm³/mol. The van der Waals surface area contributed by atoms with Crippen molar-refractivity contribution >= 4 is 28.6 Å². The van der Waals surface area contributed by atoms with Crippen LogP contribution in [0.25, 0.3) is 10.9 Å². The lowest BCUT2D eigenvalue weighted by molar-refractivity contribution is -0.117. The van der Waals surface area contributed by atoms with Crippen LogP contribution in [0.1, 0.15) is 37.4 Å². The summed E-state index contributed by atoms with van der Waals surface area (Å²) < 4.78 is 2.16. The smallest absolute Gasteiger partial charge is 0.261 e. The summed E-state index contributed by atoms with van der Waals surface area (Å²) in [6, 6.07) is 23.0. The van der Waals surface area contributed by atoms with Crippen LogP contribution in [0, 0.1) is 0 Å². The second-order valence-corrected chi connectivity index (χ2v) is 8.32. The highest BCUT2D eigenvalue weighted by molar-refractivity contribution is 6.21. The van der Waals surface area contributed by atoms with E-state index in [0.29, 0.717) is 24.1 Å². The third kappa shape index (κ3) is 3.91. The summed E-state index contributed by atoms with van der Waals surface area (Å²) in [5.74, 6) is -0.887. The lowest BCUT2D eigenvalue weighted by Crippen LogP contribution is -2.31. The Morgan fingerprint density at radius 3 is 2.15 bits per heavy atom. The van der Waals surface area contributed by atoms with Crippen molar-refractivity contribution in [3.05, 3.63) is 107 Å². The van der Waals surface area contributed by atoms with Crippen LogP contribution < -0.4 is 5.73 Å². The summed E-state index contributed by atoms with van der Waals surface area (Å²) in [7, 11) is 0. The van der Waals surface area contributed by atoms with E-state index >= 15 is 0 Å². The van der Waals surface area contributed by atoms with Crippen molar-refractivity contribution in [1.82, 2.24) is 9.47 Å². The molecular formula is C27H23N3O3. The largest absolute Gasteiger partial charge is 0.369 e. The minimum atomic E-state index is -0.384. The Morgan fingerprint density at radius 1 is 0.818 bits per heavy atom. The highest BCUT2D eigenvalue weighted by atomic mass is 16.2. The maximum atomic E-state index is 12.8. The van der Waals surface area contributed by atoms with Crippen LogP contribution in [0.15, 0.2) is 79.0 Å². The van der Waals surface area contributed by atoms with Crippen molar-refractivity contribution in [2.45, 2.75) is 19.4 Å². The lowest BCUT2D eigenvalue weighted by atomic mass is 10.0. The molecule has 4 aromatic rings. The van der Waals surface area contributed by atoms with E-state index in [-0.39, 0.29) is 30.7 Å². The van der Waals surface area contributed by atoms with E-state index in [0.717, 1.165) is 22.0 Å². The minimum absolute atomic E-state index is 0.164. The number of rotatable bonds is 7. The van der Waals surface area contributed by atoms with E-state index in [4.69, 9.17) is 5.73 Å². The standard InChI is InChI=1S/C27H23N3O3/c28-25(31)15-19-10-11-24-23(14-19)20(17-29(24)16-18-6-2-1-3-7-18)12-13-30-26(32)21-8-4-5-9-22(21)27(30)33/h1-11,14,17H,12-13,15-16H2,(H2,28,31). The summed E-state index contributed by atoms with van der Waals surface area (Å²) in [5, 5.41) is 1.00. The third-order valence-electron chi connectivity index (χ3n) is 6.09. The van der Waals surface area contributed by atoms with Gasteiger partial charge in [-0.1, -0.05) is 48.5 Å². The number of carbonyl (C=O) groups excluding carboxylic acids is 3. The highest BCUT2D eigenvalue weighted by Gasteiger charge is 2.34. The first kappa shape index (κ1) is 20.7. The number of nitrogens with two attached hydrogens (primary N) is 1. The fourth-order valence-electron chi connectivity index (χ4n) is 4.51. The van der Waals surface area contributed by atoms with E-state index < -0.39 is 0 Å². The zero-order valence-corrected chi connectivity index (χ0v) is 18.0. The quantitative estimate of drug-likeness (QED) is 0.449. The van der Waals surface area contributed by atoms with Gasteiger partial charge in [0.2, 0.25) is 5.91 Å². The van der Waals surface area contributed by atoms with Crippen LogP contribution in [0.4, 0.5) is 0 Å². The summed E-state index contributed by atoms with van der Waals surface area (Å²) in [5.41, 5.74) is 10.4. The fourth-order valence-corrected chi connectivity index (χ4v) is 4.51. The molecule has 1 aromatic heterocycles. The van der Waals surface area contributed by atoms with Gasteiger partial charge >= 0.3 is 0 Å². The number of benzene rings is 3. The van der Waals surface area contributed by atoms with E-state index in [1.807, 2.05) is 36.4 Å². The summed E-state index contributed by atoms with van der Waals surface area (Å²) in [6.07, 6.45) is 2.76. The Labute approximate surface area is 191 Å². The first-order valence-corrected chi connectivity index (χ1v) is 10.9. The topological polar surface area (TPSA) is 85.4 Å². The van der Waals surface area contributed by atoms with Crippen molar-refractivity contribution < 1.29 is 14.4 Å². The van der Waals surface area contributed by atoms with Crippen molar-refractivity contribution in [3.8, 4) is 0 Å². The van der Waals surface area contributed by atoms with Crippen LogP contribution in [-0.4, -0.2) is 33.7 Å². The maximum absolute atomic E-state index is 12.8. The van der Waals surface area contributed by atoms with Gasteiger partial charge in [-0.05, 0) is 47.4 Å². The number of primary amides is 1. The van der Waals surface area contributed by atoms with Crippen molar-refractivity contribution in [2.24, 2.45) is 5.73 Å². The van der Waals surface area contributed by atoms with Crippen LogP contribution in [0.3, 0.4) is 0 Å². The Balaban J connectivity index is 1.47. The number of carbonyl (C=O) groups is 3. The van der Waals surface area contributed by atoms with Gasteiger partial charge in [0.05, 0.1) is 17.5 Å². The number of nitrogens with zero attached hydrogens (tertiary/aromatic N) is 2. The SMILES string of the molecule is NC(=O)Cc1ccc2c(c1)c(CCN1C(=O)c3ccccc3C1=O)cn2Cc1ccccc1. The lowest BCUT2D eigenvalue weighted by Gasteiger charge is -2.13. The zero-order valence-electron chi connectivity index (χ0n) is 18.0. The Hall–Kier alpha value is -4.19. The van der Waals surface area contributed by atoms with Gasteiger partial charge in [0.15, 0.2) is 0 Å². The van der Waals surface area contributed by atoms with Crippen molar-refractivity contribution in [2.75, 3.05) is 6.54 Å². The normalized spacial score (nSPS) is 13.0. The molecule has 0 unspecified atom stereocenters. The van der Waals surface area contributed by atoms with E-state index in [9.17, 15) is 14.4 Å². The summed E-state index contributed by atoms with van der Waals surface area (Å²) in [6.45, 7) is 0.983. The summed E-state index contributed by atoms with van der Waals surface area (Å²) >= 11 is 0. The van der Waals surface area contributed by atoms with Crippen LogP contribution in [0.2, 0.25) is 0 Å². The van der Waals surface area contributed by atoms with Gasteiger partial charge < -0.3 is 10.3 Å². The molecule has 1 aliphatic heterocycles. The monoisotopic (exact) mass is 437 g/mol. The Morgan fingerprint density at radius 2 is 1.48 bits per heavy atom. The van der Waals surface area contributed by atoms with Gasteiger partial charge in [-0.3, -0.25) is 19.3 Å². The number of amides is 3. The molecule has 2 heterocycles. The molecule has 1 aliphatic rings. The second kappa shape index (κ2) is 8.39. The second-order valence-electron chi connectivity index (χ2n) is 8.32. The van der Waals surface area contributed by atoms with Gasteiger partial charge in [-0.25, -0.2) is 0 Å². The molecule has 0 atom stereocenters. The zero-order chi connectivity index (χ0) is 22.9. The van der Waals surface area contributed by atoms with E-state index in [2.05, 4.69) is 22.9 Å². The van der Waals surface area contributed by atoms with E-state index in [1.165, 1.54) is 10.5 Å². The first-order chi connectivity index (χ1) is 16.0. The molecule has 3 aromatic carbocycles. The number of imide groups is 1. The maximum Gasteiger partial charge on any atom is 0.261 e. The third-order valence-corrected chi connectivity index (χ3v) is 6.09. The summed E-state index contributed by atoms with van der Waals surface area (Å²) in [4.78, 5) is 38.3. The first-order valence-electron chi connectivity index (χ1n) is 10.9. The van der Waals surface area contributed by atoms with Gasteiger partial charge in [0, 0.05) is 30.2 Å². The molecule has 33 heavy (non-hydrogen) atoms. The molecule has 0 spiro atoms. The average Bonchev–Trinajstić information content (AvgIpc) is 3.27. The molecule has 6 nitrogen and oxygen atoms in total. The van der Waals surface area contributed by atoms with Crippen molar-refractivity contribution in [3.63, 3.8) is 0 Å². The predicted octanol–water partition coefficient (Wildman–Crippen LogP) is 3.56. The molecule has 0 saturated carbocycles. The van der Waals surface area contributed by atoms with Gasteiger partial charge in [-0.2, -0.15) is 0 Å². The molecule has 6 heteroatoms. The molecule has 0 aliphatic carbocycles. The molecule has 0 saturated heterocycles. The average molecular weight is 437 g/mol. The number of fused-ring (bicyclic) bond motifs is 2. The molecule has 0 fully saturated rings. The number of hydrogen-bond donors (Lipinski definition) is 1. The number of aromatic nitrogens is 1. The Kier molecular flexibility index (Phi) is 5.26. The molecule has 2 N–H and O–H groups in total.